The van der Waals surface area contributed by atoms with Crippen molar-refractivity contribution in [1.29, 1.82) is 0 Å². The Hall–Kier alpha value is -1.93. The highest BCUT2D eigenvalue weighted by Gasteiger charge is 2.41. The van der Waals surface area contributed by atoms with Crippen molar-refractivity contribution in [3.63, 3.8) is 0 Å². The number of nitro groups is 1. The van der Waals surface area contributed by atoms with Crippen LogP contribution in [0.1, 0.15) is 12.8 Å². The number of aliphatic carboxylic acids is 1. The van der Waals surface area contributed by atoms with Gasteiger partial charge in [-0.05, 0) is 0 Å². The van der Waals surface area contributed by atoms with Crippen LogP contribution in [0.2, 0.25) is 5.02 Å². The number of carboxylic acids is 1. The fourth-order valence-electron chi connectivity index (χ4n) is 1.96. The van der Waals surface area contributed by atoms with Crippen LogP contribution in [0.3, 0.4) is 0 Å². The van der Waals surface area contributed by atoms with Gasteiger partial charge in [0.1, 0.15) is 17.6 Å². The van der Waals surface area contributed by atoms with E-state index < -0.39 is 16.4 Å². The molecule has 1 aliphatic rings. The van der Waals surface area contributed by atoms with Gasteiger partial charge in [-0.15, -0.1) is 0 Å². The van der Waals surface area contributed by atoms with Crippen molar-refractivity contribution >= 4 is 29.1 Å². The lowest BCUT2D eigenvalue weighted by molar-refractivity contribution is -0.385. The lowest BCUT2D eigenvalue weighted by Gasteiger charge is -2.34. The number of aromatic nitrogens is 1. The zero-order valence-electron chi connectivity index (χ0n) is 10.3. The monoisotopic (exact) mass is 301 g/mol. The number of pyridine rings is 1. The summed E-state index contributed by atoms with van der Waals surface area (Å²) in [6.45, 7) is 0.619. The third kappa shape index (κ3) is 2.81. The summed E-state index contributed by atoms with van der Waals surface area (Å²) >= 11 is 5.91. The van der Waals surface area contributed by atoms with Crippen LogP contribution in [0.15, 0.2) is 12.3 Å². The molecule has 0 unspecified atom stereocenters. The highest BCUT2D eigenvalue weighted by atomic mass is 35.5. The van der Waals surface area contributed by atoms with E-state index in [4.69, 9.17) is 16.3 Å². The van der Waals surface area contributed by atoms with Crippen molar-refractivity contribution in [2.75, 3.05) is 18.5 Å². The SMILES string of the molecule is O=C(O)C1(Nc2ncc([N+](=O)[O-])cc2Cl)CCOCC1. The lowest BCUT2D eigenvalue weighted by atomic mass is 9.90. The van der Waals surface area contributed by atoms with Crippen molar-refractivity contribution in [2.45, 2.75) is 18.4 Å². The van der Waals surface area contributed by atoms with Crippen LogP contribution >= 0.6 is 11.6 Å². The Morgan fingerprint density at radius 2 is 2.20 bits per heavy atom. The van der Waals surface area contributed by atoms with Crippen molar-refractivity contribution in [2.24, 2.45) is 0 Å². The van der Waals surface area contributed by atoms with E-state index in [1.54, 1.807) is 0 Å². The van der Waals surface area contributed by atoms with Crippen molar-refractivity contribution < 1.29 is 19.6 Å². The van der Waals surface area contributed by atoms with Gasteiger partial charge in [0.25, 0.3) is 5.69 Å². The van der Waals surface area contributed by atoms with E-state index in [9.17, 15) is 20.0 Å². The Morgan fingerprint density at radius 1 is 1.55 bits per heavy atom. The minimum absolute atomic E-state index is 0.00585. The quantitative estimate of drug-likeness (QED) is 0.642. The first-order chi connectivity index (χ1) is 9.44. The first-order valence-corrected chi connectivity index (χ1v) is 6.22. The zero-order valence-corrected chi connectivity index (χ0v) is 11.1. The zero-order chi connectivity index (χ0) is 14.8. The predicted molar refractivity (Wildman–Crippen MR) is 69.9 cm³/mol. The number of hydrogen-bond acceptors (Lipinski definition) is 6. The summed E-state index contributed by atoms with van der Waals surface area (Å²) in [7, 11) is 0. The molecule has 0 amide bonds. The maximum atomic E-state index is 11.5. The number of hydrogen-bond donors (Lipinski definition) is 2. The van der Waals surface area contributed by atoms with Gasteiger partial charge in [0, 0.05) is 32.1 Å². The second kappa shape index (κ2) is 5.59. The average molecular weight is 302 g/mol. The average Bonchev–Trinajstić information content (AvgIpc) is 2.41. The van der Waals surface area contributed by atoms with E-state index in [-0.39, 0.29) is 29.4 Å². The second-order valence-corrected chi connectivity index (χ2v) is 4.81. The summed E-state index contributed by atoms with van der Waals surface area (Å²) in [5.74, 6) is -0.918. The van der Waals surface area contributed by atoms with E-state index >= 15 is 0 Å². The summed E-state index contributed by atoms with van der Waals surface area (Å²) in [5, 5.41) is 22.8. The van der Waals surface area contributed by atoms with Gasteiger partial charge < -0.3 is 15.2 Å². The summed E-state index contributed by atoms with van der Waals surface area (Å²) in [6.07, 6.45) is 1.55. The standard InChI is InChI=1S/C11H12ClN3O5/c12-8-5-7(15(18)19)6-13-9(8)14-11(10(16)17)1-3-20-4-2-11/h5-6H,1-4H2,(H,13,14)(H,16,17). The second-order valence-electron chi connectivity index (χ2n) is 4.41. The molecule has 2 heterocycles. The Labute approximate surface area is 118 Å². The number of ether oxygens (including phenoxy) is 1. The molecule has 1 saturated heterocycles. The van der Waals surface area contributed by atoms with Gasteiger partial charge in [0.2, 0.25) is 0 Å². The minimum atomic E-state index is -1.22. The van der Waals surface area contributed by atoms with Crippen LogP contribution in [0.4, 0.5) is 11.5 Å². The number of carbonyl (C=O) groups is 1. The van der Waals surface area contributed by atoms with E-state index in [1.165, 1.54) is 0 Å². The Morgan fingerprint density at radius 3 is 2.70 bits per heavy atom. The molecule has 108 valence electrons. The lowest BCUT2D eigenvalue weighted by Crippen LogP contribution is -2.50. The first-order valence-electron chi connectivity index (χ1n) is 5.84. The molecule has 1 aliphatic heterocycles. The maximum Gasteiger partial charge on any atom is 0.329 e. The van der Waals surface area contributed by atoms with E-state index in [0.29, 0.717) is 13.2 Å². The fourth-order valence-corrected chi connectivity index (χ4v) is 2.17. The Bertz CT molecular complexity index is 545. The molecule has 0 saturated carbocycles. The summed E-state index contributed by atoms with van der Waals surface area (Å²) < 4.78 is 5.15. The van der Waals surface area contributed by atoms with Crippen LogP contribution in [0.25, 0.3) is 0 Å². The van der Waals surface area contributed by atoms with Crippen LogP contribution in [-0.2, 0) is 9.53 Å². The van der Waals surface area contributed by atoms with Crippen LogP contribution in [0, 0.1) is 10.1 Å². The topological polar surface area (TPSA) is 115 Å². The number of nitrogens with one attached hydrogen (secondary N) is 1. The van der Waals surface area contributed by atoms with Gasteiger partial charge in [-0.3, -0.25) is 10.1 Å². The van der Waals surface area contributed by atoms with E-state index in [2.05, 4.69) is 10.3 Å². The van der Waals surface area contributed by atoms with Crippen LogP contribution in [-0.4, -0.2) is 39.7 Å². The van der Waals surface area contributed by atoms with E-state index in [1.807, 2.05) is 0 Å². The summed E-state index contributed by atoms with van der Waals surface area (Å²) in [6, 6.07) is 1.13. The van der Waals surface area contributed by atoms with Crippen molar-refractivity contribution in [3.05, 3.63) is 27.4 Å². The third-order valence-electron chi connectivity index (χ3n) is 3.15. The highest BCUT2D eigenvalue weighted by Crippen LogP contribution is 2.30. The molecular weight excluding hydrogens is 290 g/mol. The minimum Gasteiger partial charge on any atom is -0.480 e. The molecule has 0 aromatic carbocycles. The summed E-state index contributed by atoms with van der Waals surface area (Å²) in [5.41, 5.74) is -1.47. The molecule has 2 rings (SSSR count). The smallest absolute Gasteiger partial charge is 0.329 e. The van der Waals surface area contributed by atoms with Crippen LogP contribution < -0.4 is 5.32 Å². The molecule has 0 bridgehead atoms. The number of anilines is 1. The first kappa shape index (κ1) is 14.5. The van der Waals surface area contributed by atoms with Gasteiger partial charge in [-0.2, -0.15) is 0 Å². The summed E-state index contributed by atoms with van der Waals surface area (Å²) in [4.78, 5) is 25.3. The number of rotatable bonds is 4. The highest BCUT2D eigenvalue weighted by molar-refractivity contribution is 6.33. The Balaban J connectivity index is 2.27. The molecular formula is C11H12ClN3O5. The van der Waals surface area contributed by atoms with Crippen molar-refractivity contribution in [3.8, 4) is 0 Å². The molecule has 0 aliphatic carbocycles. The Kier molecular flexibility index (Phi) is 4.05. The fraction of sp³-hybridized carbons (Fsp3) is 0.455. The van der Waals surface area contributed by atoms with Gasteiger partial charge in [0.15, 0.2) is 0 Å². The molecule has 9 heteroatoms. The van der Waals surface area contributed by atoms with Gasteiger partial charge in [0.05, 0.1) is 9.95 Å². The van der Waals surface area contributed by atoms with Gasteiger partial charge in [-0.25, -0.2) is 9.78 Å². The van der Waals surface area contributed by atoms with Gasteiger partial charge in [-0.1, -0.05) is 11.6 Å². The van der Waals surface area contributed by atoms with Crippen molar-refractivity contribution in [1.82, 2.24) is 4.98 Å². The molecule has 1 fully saturated rings. The molecule has 0 atom stereocenters. The van der Waals surface area contributed by atoms with E-state index in [0.717, 1.165) is 12.3 Å². The van der Waals surface area contributed by atoms with Gasteiger partial charge >= 0.3 is 5.97 Å². The normalized spacial score (nSPS) is 17.4. The third-order valence-corrected chi connectivity index (χ3v) is 3.44. The maximum absolute atomic E-state index is 11.5. The molecule has 0 spiro atoms. The molecule has 8 nitrogen and oxygen atoms in total. The molecule has 1 aromatic rings. The largest absolute Gasteiger partial charge is 0.480 e. The molecule has 0 radical (unpaired) electrons. The number of halogens is 1. The molecule has 1 aromatic heterocycles. The molecule has 20 heavy (non-hydrogen) atoms. The number of carboxylic acid groups (broad SMARTS) is 1. The van der Waals surface area contributed by atoms with Crippen LogP contribution in [0.5, 0.6) is 0 Å². The molecule has 2 N–H and O–H groups in total. The predicted octanol–water partition coefficient (Wildman–Crippen LogP) is 1.69. The number of nitrogens with zero attached hydrogens (tertiary/aromatic N) is 2.